The number of nitrogens with one attached hydrogen (secondary N) is 2. The first kappa shape index (κ1) is 22.2. The van der Waals surface area contributed by atoms with Gasteiger partial charge in [-0.05, 0) is 66.1 Å². The number of H-pyrrole nitrogens is 1. The van der Waals surface area contributed by atoms with Gasteiger partial charge in [0.1, 0.15) is 0 Å². The lowest BCUT2D eigenvalue weighted by molar-refractivity contribution is -0.120. The molecule has 2 N–H and O–H groups in total. The van der Waals surface area contributed by atoms with Crippen LogP contribution in [0.4, 0.5) is 5.69 Å². The molecule has 168 valence electrons. The highest BCUT2D eigenvalue weighted by molar-refractivity contribution is 7.89. The van der Waals surface area contributed by atoms with Gasteiger partial charge in [0.15, 0.2) is 0 Å². The van der Waals surface area contributed by atoms with Gasteiger partial charge in [-0.3, -0.25) is 9.59 Å². The van der Waals surface area contributed by atoms with E-state index >= 15 is 0 Å². The summed E-state index contributed by atoms with van der Waals surface area (Å²) < 4.78 is 27.9. The SMILES string of the molecule is CC(C)c1ccc(NC(=O)[C@H]2CCCN(S(=O)(=O)c3ccc4[nH]c(=O)ccc4c3)C2)cc1. The van der Waals surface area contributed by atoms with Crippen molar-refractivity contribution >= 4 is 32.5 Å². The summed E-state index contributed by atoms with van der Waals surface area (Å²) in [6.45, 7) is 4.74. The molecule has 32 heavy (non-hydrogen) atoms. The number of fused-ring (bicyclic) bond motifs is 1. The van der Waals surface area contributed by atoms with Crippen LogP contribution >= 0.6 is 0 Å². The highest BCUT2D eigenvalue weighted by atomic mass is 32.2. The minimum atomic E-state index is -3.76. The summed E-state index contributed by atoms with van der Waals surface area (Å²) in [6, 6.07) is 15.4. The third kappa shape index (κ3) is 4.61. The summed E-state index contributed by atoms with van der Waals surface area (Å²) in [4.78, 5) is 27.1. The maximum atomic E-state index is 13.2. The van der Waals surface area contributed by atoms with Crippen LogP contribution in [0.3, 0.4) is 0 Å². The Hall–Kier alpha value is -2.97. The van der Waals surface area contributed by atoms with Gasteiger partial charge in [-0.25, -0.2) is 8.42 Å². The number of aromatic nitrogens is 1. The second-order valence-corrected chi connectivity index (χ2v) is 10.5. The zero-order chi connectivity index (χ0) is 22.9. The van der Waals surface area contributed by atoms with Crippen molar-refractivity contribution in [1.82, 2.24) is 9.29 Å². The van der Waals surface area contributed by atoms with Crippen molar-refractivity contribution in [3.63, 3.8) is 0 Å². The Morgan fingerprint density at radius 2 is 1.84 bits per heavy atom. The van der Waals surface area contributed by atoms with Crippen molar-refractivity contribution < 1.29 is 13.2 Å². The van der Waals surface area contributed by atoms with E-state index in [4.69, 9.17) is 0 Å². The average Bonchev–Trinajstić information content (AvgIpc) is 2.79. The molecular formula is C24H27N3O4S. The molecule has 8 heteroatoms. The highest BCUT2D eigenvalue weighted by Crippen LogP contribution is 2.26. The number of carbonyl (C=O) groups is 1. The van der Waals surface area contributed by atoms with Gasteiger partial charge < -0.3 is 10.3 Å². The highest BCUT2D eigenvalue weighted by Gasteiger charge is 2.33. The van der Waals surface area contributed by atoms with Crippen LogP contribution in [0.1, 0.15) is 38.2 Å². The molecule has 7 nitrogen and oxygen atoms in total. The van der Waals surface area contributed by atoms with E-state index < -0.39 is 15.9 Å². The lowest BCUT2D eigenvalue weighted by Crippen LogP contribution is -2.43. The third-order valence-electron chi connectivity index (χ3n) is 5.93. The van der Waals surface area contributed by atoms with Crippen LogP contribution in [0.25, 0.3) is 10.9 Å². The number of benzene rings is 2. The number of carbonyl (C=O) groups excluding carboxylic acids is 1. The fraction of sp³-hybridized carbons (Fsp3) is 0.333. The van der Waals surface area contributed by atoms with Crippen molar-refractivity contribution in [2.75, 3.05) is 18.4 Å². The first-order valence-corrected chi connectivity index (χ1v) is 12.2. The van der Waals surface area contributed by atoms with Crippen molar-refractivity contribution in [2.45, 2.75) is 37.5 Å². The van der Waals surface area contributed by atoms with Gasteiger partial charge in [-0.15, -0.1) is 0 Å². The number of aromatic amines is 1. The summed E-state index contributed by atoms with van der Waals surface area (Å²) in [5, 5.41) is 3.57. The normalized spacial score (nSPS) is 17.5. The Labute approximate surface area is 187 Å². The number of hydrogen-bond donors (Lipinski definition) is 2. The molecule has 0 radical (unpaired) electrons. The van der Waals surface area contributed by atoms with Crippen molar-refractivity contribution in [3.8, 4) is 0 Å². The maximum absolute atomic E-state index is 13.2. The van der Waals surface area contributed by atoms with Crippen LogP contribution in [0, 0.1) is 5.92 Å². The fourth-order valence-corrected chi connectivity index (χ4v) is 5.57. The average molecular weight is 454 g/mol. The molecule has 1 aliphatic heterocycles. The van der Waals surface area contributed by atoms with E-state index in [9.17, 15) is 18.0 Å². The van der Waals surface area contributed by atoms with Crippen molar-refractivity contribution in [1.29, 1.82) is 0 Å². The third-order valence-corrected chi connectivity index (χ3v) is 7.79. The van der Waals surface area contributed by atoms with Crippen LogP contribution in [-0.2, 0) is 14.8 Å². The number of rotatable bonds is 5. The largest absolute Gasteiger partial charge is 0.326 e. The number of anilines is 1. The second kappa shape index (κ2) is 8.88. The summed E-state index contributed by atoms with van der Waals surface area (Å²) in [6.07, 6.45) is 1.26. The van der Waals surface area contributed by atoms with Crippen LogP contribution in [-0.4, -0.2) is 36.7 Å². The van der Waals surface area contributed by atoms with Crippen molar-refractivity contribution in [2.24, 2.45) is 5.92 Å². The Morgan fingerprint density at radius 3 is 2.56 bits per heavy atom. The zero-order valence-corrected chi connectivity index (χ0v) is 19.0. The van der Waals surface area contributed by atoms with Crippen LogP contribution in [0.2, 0.25) is 0 Å². The van der Waals surface area contributed by atoms with Crippen molar-refractivity contribution in [3.05, 3.63) is 70.5 Å². The Kier molecular flexibility index (Phi) is 6.17. The number of pyridine rings is 1. The zero-order valence-electron chi connectivity index (χ0n) is 18.2. The van der Waals surface area contributed by atoms with E-state index in [1.807, 2.05) is 24.3 Å². The van der Waals surface area contributed by atoms with E-state index in [0.717, 1.165) is 0 Å². The minimum absolute atomic E-state index is 0.141. The molecule has 1 saturated heterocycles. The molecule has 1 atom stereocenters. The monoisotopic (exact) mass is 453 g/mol. The summed E-state index contributed by atoms with van der Waals surface area (Å²) >= 11 is 0. The Bertz CT molecular complexity index is 1300. The molecule has 3 aromatic rings. The first-order valence-electron chi connectivity index (χ1n) is 10.8. The number of hydrogen-bond acceptors (Lipinski definition) is 4. The molecule has 0 spiro atoms. The van der Waals surface area contributed by atoms with E-state index in [-0.39, 0.29) is 22.9 Å². The number of sulfonamides is 1. The molecule has 1 fully saturated rings. The smallest absolute Gasteiger partial charge is 0.248 e. The van der Waals surface area contributed by atoms with Crippen LogP contribution < -0.4 is 10.9 Å². The van der Waals surface area contributed by atoms with Gasteiger partial charge in [-0.1, -0.05) is 26.0 Å². The van der Waals surface area contributed by atoms with Gasteiger partial charge in [-0.2, -0.15) is 4.31 Å². The number of nitrogens with zero attached hydrogens (tertiary/aromatic N) is 1. The molecular weight excluding hydrogens is 426 g/mol. The second-order valence-electron chi connectivity index (χ2n) is 8.54. The van der Waals surface area contributed by atoms with Gasteiger partial charge in [0.2, 0.25) is 21.5 Å². The molecule has 2 heterocycles. The summed E-state index contributed by atoms with van der Waals surface area (Å²) in [7, 11) is -3.76. The standard InChI is InChI=1S/C24H27N3O4S/c1-16(2)17-5-8-20(9-6-17)25-24(29)19-4-3-13-27(15-19)32(30,31)21-10-11-22-18(14-21)7-12-23(28)26-22/h5-12,14,16,19H,3-4,13,15H2,1-2H3,(H,25,29)(H,26,28)/t19-/m0/s1. The Balaban J connectivity index is 1.49. The topological polar surface area (TPSA) is 99.3 Å². The van der Waals surface area contributed by atoms with E-state index in [0.29, 0.717) is 41.9 Å². The predicted octanol–water partition coefficient (Wildman–Crippen LogP) is 3.69. The molecule has 1 aliphatic rings. The summed E-state index contributed by atoms with van der Waals surface area (Å²) in [5.41, 5.74) is 2.24. The van der Waals surface area contributed by atoms with Gasteiger partial charge >= 0.3 is 0 Å². The molecule has 0 bridgehead atoms. The van der Waals surface area contributed by atoms with Gasteiger partial charge in [0.25, 0.3) is 0 Å². The molecule has 1 aromatic heterocycles. The lowest BCUT2D eigenvalue weighted by Gasteiger charge is -2.31. The molecule has 2 aromatic carbocycles. The van der Waals surface area contributed by atoms with Gasteiger partial charge in [0, 0.05) is 30.4 Å². The number of amides is 1. The molecule has 0 saturated carbocycles. The number of piperidine rings is 1. The van der Waals surface area contributed by atoms with Crippen LogP contribution in [0.5, 0.6) is 0 Å². The van der Waals surface area contributed by atoms with E-state index in [1.54, 1.807) is 18.2 Å². The van der Waals surface area contributed by atoms with Crippen LogP contribution in [0.15, 0.2) is 64.3 Å². The maximum Gasteiger partial charge on any atom is 0.248 e. The summed E-state index contributed by atoms with van der Waals surface area (Å²) in [5.74, 6) is -0.175. The van der Waals surface area contributed by atoms with E-state index in [1.165, 1.54) is 22.0 Å². The molecule has 1 amide bonds. The lowest BCUT2D eigenvalue weighted by atomic mass is 9.98. The molecule has 0 aliphatic carbocycles. The van der Waals surface area contributed by atoms with E-state index in [2.05, 4.69) is 24.1 Å². The fourth-order valence-electron chi connectivity index (χ4n) is 4.01. The quantitative estimate of drug-likeness (QED) is 0.615. The Morgan fingerprint density at radius 1 is 1.09 bits per heavy atom. The first-order chi connectivity index (χ1) is 15.2. The van der Waals surface area contributed by atoms with Gasteiger partial charge in [0.05, 0.1) is 10.8 Å². The predicted molar refractivity (Wildman–Crippen MR) is 125 cm³/mol. The molecule has 4 rings (SSSR count). The minimum Gasteiger partial charge on any atom is -0.326 e. The molecule has 0 unspecified atom stereocenters.